The number of urea groups is 1. The average molecular weight is 437 g/mol. The molecule has 8 heteroatoms. The highest BCUT2D eigenvalue weighted by atomic mass is 35.5. The van der Waals surface area contributed by atoms with Crippen LogP contribution in [0.4, 0.5) is 4.79 Å². The van der Waals surface area contributed by atoms with Crippen LogP contribution in [0.3, 0.4) is 0 Å². The average Bonchev–Trinajstić information content (AvgIpc) is 2.68. The van der Waals surface area contributed by atoms with Gasteiger partial charge in [-0.2, -0.15) is 0 Å². The number of nitrogens with one attached hydrogen (secondary N) is 1. The molecule has 1 atom stereocenters. The molecule has 1 aliphatic heterocycles. The number of hydrogen-bond acceptors (Lipinski definition) is 4. The highest BCUT2D eigenvalue weighted by Gasteiger charge is 2.25. The number of nitrogens with zero attached hydrogens (tertiary/aromatic N) is 3. The smallest absolute Gasteiger partial charge is 0.318 e. The Balaban J connectivity index is 1.71. The Labute approximate surface area is 181 Å². The van der Waals surface area contributed by atoms with Crippen molar-refractivity contribution in [3.63, 3.8) is 0 Å². The monoisotopic (exact) mass is 436 g/mol. The van der Waals surface area contributed by atoms with E-state index in [4.69, 9.17) is 23.2 Å². The summed E-state index contributed by atoms with van der Waals surface area (Å²) in [5, 5.41) is 13.3. The number of aromatic nitrogens is 2. The number of halogens is 2. The Bertz CT molecular complexity index is 876. The fourth-order valence-electron chi connectivity index (χ4n) is 3.40. The minimum Gasteiger partial charge on any atom is -0.396 e. The highest BCUT2D eigenvalue weighted by Crippen LogP contribution is 2.27. The van der Waals surface area contributed by atoms with Crippen molar-refractivity contribution in [3.05, 3.63) is 57.1 Å². The van der Waals surface area contributed by atoms with Crippen molar-refractivity contribution >= 4 is 29.2 Å². The van der Waals surface area contributed by atoms with Gasteiger partial charge in [0, 0.05) is 25.8 Å². The summed E-state index contributed by atoms with van der Waals surface area (Å²) in [6.07, 6.45) is 3.81. The van der Waals surface area contributed by atoms with E-state index in [9.17, 15) is 9.90 Å². The van der Waals surface area contributed by atoms with E-state index in [0.717, 1.165) is 35.5 Å². The number of fused-ring (bicyclic) bond motifs is 1. The molecular formula is C21H26Cl2N4O2. The van der Waals surface area contributed by atoms with E-state index in [-0.39, 0.29) is 18.7 Å². The van der Waals surface area contributed by atoms with E-state index in [1.807, 2.05) is 12.3 Å². The summed E-state index contributed by atoms with van der Waals surface area (Å²) in [6.45, 7) is 5.25. The lowest BCUT2D eigenvalue weighted by Crippen LogP contribution is -2.44. The summed E-state index contributed by atoms with van der Waals surface area (Å²) >= 11 is 12.1. The number of amides is 2. The van der Waals surface area contributed by atoms with Gasteiger partial charge in [0.2, 0.25) is 0 Å². The van der Waals surface area contributed by atoms with Crippen LogP contribution in [0.5, 0.6) is 0 Å². The van der Waals surface area contributed by atoms with Crippen LogP contribution in [0, 0.1) is 5.92 Å². The molecule has 2 heterocycles. The van der Waals surface area contributed by atoms with Gasteiger partial charge >= 0.3 is 6.03 Å². The molecule has 2 amide bonds. The van der Waals surface area contributed by atoms with Gasteiger partial charge in [-0.3, -0.25) is 0 Å². The predicted octanol–water partition coefficient (Wildman–Crippen LogP) is 4.17. The molecule has 2 N–H and O–H groups in total. The molecule has 156 valence electrons. The van der Waals surface area contributed by atoms with E-state index < -0.39 is 0 Å². The number of aliphatic hydroxyl groups excluding tert-OH is 1. The van der Waals surface area contributed by atoms with E-state index in [1.165, 1.54) is 0 Å². The van der Waals surface area contributed by atoms with Crippen LogP contribution >= 0.6 is 23.2 Å². The van der Waals surface area contributed by atoms with E-state index in [1.54, 1.807) is 17.0 Å². The van der Waals surface area contributed by atoms with Gasteiger partial charge in [0.1, 0.15) is 5.82 Å². The normalized spacial score (nSPS) is 14.6. The first kappa shape index (κ1) is 21.8. The second-order valence-corrected chi connectivity index (χ2v) is 8.53. The Hall–Kier alpha value is -1.89. The number of carbonyl (C=O) groups is 1. The molecule has 29 heavy (non-hydrogen) atoms. The number of benzene rings is 1. The van der Waals surface area contributed by atoms with Gasteiger partial charge in [0.25, 0.3) is 0 Å². The van der Waals surface area contributed by atoms with Gasteiger partial charge in [-0.05, 0) is 42.0 Å². The molecule has 0 saturated carbocycles. The predicted molar refractivity (Wildman–Crippen MR) is 114 cm³/mol. The third-order valence-electron chi connectivity index (χ3n) is 4.94. The van der Waals surface area contributed by atoms with Crippen molar-refractivity contribution in [1.82, 2.24) is 20.2 Å². The zero-order chi connectivity index (χ0) is 21.0. The van der Waals surface area contributed by atoms with Crippen LogP contribution in [0.25, 0.3) is 0 Å². The van der Waals surface area contributed by atoms with Crippen molar-refractivity contribution in [3.8, 4) is 0 Å². The molecule has 2 aromatic rings. The fraction of sp³-hybridized carbons (Fsp3) is 0.476. The standard InChI is InChI=1S/C21H26Cl2N4O2/c1-13(2)9-20-24-11-15-5-7-27(12-19(15)25-20)21(29)26-18(6-8-28)14-3-4-16(22)17(23)10-14/h3-4,10-11,13,18,28H,5-9,12H2,1-2H3,(H,26,29). The Kier molecular flexibility index (Phi) is 7.33. The van der Waals surface area contributed by atoms with Crippen LogP contribution < -0.4 is 5.32 Å². The molecule has 0 saturated heterocycles. The minimum atomic E-state index is -0.356. The second-order valence-electron chi connectivity index (χ2n) is 7.72. The van der Waals surface area contributed by atoms with Crippen molar-refractivity contribution < 1.29 is 9.90 Å². The molecule has 6 nitrogen and oxygen atoms in total. The summed E-state index contributed by atoms with van der Waals surface area (Å²) in [7, 11) is 0. The number of hydrogen-bond donors (Lipinski definition) is 2. The zero-order valence-electron chi connectivity index (χ0n) is 16.7. The van der Waals surface area contributed by atoms with Gasteiger partial charge in [0.15, 0.2) is 0 Å². The lowest BCUT2D eigenvalue weighted by Gasteiger charge is -2.30. The number of aliphatic hydroxyl groups is 1. The molecule has 3 rings (SSSR count). The topological polar surface area (TPSA) is 78.4 Å². The Morgan fingerprint density at radius 2 is 2.10 bits per heavy atom. The van der Waals surface area contributed by atoms with Crippen LogP contribution in [-0.2, 0) is 19.4 Å². The van der Waals surface area contributed by atoms with Gasteiger partial charge < -0.3 is 15.3 Å². The van der Waals surface area contributed by atoms with Crippen LogP contribution in [0.2, 0.25) is 10.0 Å². The molecule has 1 aromatic heterocycles. The summed E-state index contributed by atoms with van der Waals surface area (Å²) in [5.74, 6) is 1.29. The first-order valence-corrected chi connectivity index (χ1v) is 10.6. The third-order valence-corrected chi connectivity index (χ3v) is 5.67. The second kappa shape index (κ2) is 9.74. The maximum Gasteiger partial charge on any atom is 0.318 e. The molecule has 0 bridgehead atoms. The largest absolute Gasteiger partial charge is 0.396 e. The van der Waals surface area contributed by atoms with Crippen molar-refractivity contribution in [1.29, 1.82) is 0 Å². The molecule has 1 aliphatic rings. The molecule has 0 radical (unpaired) electrons. The maximum absolute atomic E-state index is 12.9. The minimum absolute atomic E-state index is 0.0557. The summed E-state index contributed by atoms with van der Waals surface area (Å²) < 4.78 is 0. The molecule has 0 fully saturated rings. The SMILES string of the molecule is CC(C)Cc1ncc2c(n1)CN(C(=O)NC(CCO)c1ccc(Cl)c(Cl)c1)CC2. The lowest BCUT2D eigenvalue weighted by atomic mass is 10.0. The van der Waals surface area contributed by atoms with E-state index >= 15 is 0 Å². The highest BCUT2D eigenvalue weighted by molar-refractivity contribution is 6.42. The Morgan fingerprint density at radius 3 is 2.79 bits per heavy atom. The van der Waals surface area contributed by atoms with E-state index in [0.29, 0.717) is 35.5 Å². The first-order chi connectivity index (χ1) is 13.9. The number of carbonyl (C=O) groups excluding carboxylic acids is 1. The van der Waals surface area contributed by atoms with Crippen LogP contribution in [0.15, 0.2) is 24.4 Å². The van der Waals surface area contributed by atoms with E-state index in [2.05, 4.69) is 29.1 Å². The Morgan fingerprint density at radius 1 is 1.31 bits per heavy atom. The number of rotatable bonds is 6. The molecule has 1 aromatic carbocycles. The third kappa shape index (κ3) is 5.59. The van der Waals surface area contributed by atoms with Crippen molar-refractivity contribution in [2.24, 2.45) is 5.92 Å². The van der Waals surface area contributed by atoms with Crippen LogP contribution in [-0.4, -0.2) is 39.2 Å². The molecule has 0 spiro atoms. The van der Waals surface area contributed by atoms with Crippen LogP contribution in [0.1, 0.15) is 49.0 Å². The van der Waals surface area contributed by atoms with Gasteiger partial charge in [-0.1, -0.05) is 43.1 Å². The van der Waals surface area contributed by atoms with Gasteiger partial charge in [-0.25, -0.2) is 14.8 Å². The van der Waals surface area contributed by atoms with Crippen molar-refractivity contribution in [2.75, 3.05) is 13.2 Å². The summed E-state index contributed by atoms with van der Waals surface area (Å²) in [4.78, 5) is 23.8. The zero-order valence-corrected chi connectivity index (χ0v) is 18.2. The van der Waals surface area contributed by atoms with Crippen molar-refractivity contribution in [2.45, 2.75) is 45.7 Å². The summed E-state index contributed by atoms with van der Waals surface area (Å²) in [6, 6.07) is 4.68. The molecule has 0 aliphatic carbocycles. The quantitative estimate of drug-likeness (QED) is 0.711. The maximum atomic E-state index is 12.9. The van der Waals surface area contributed by atoms with Gasteiger partial charge in [-0.15, -0.1) is 0 Å². The van der Waals surface area contributed by atoms with Gasteiger partial charge in [0.05, 0.1) is 28.3 Å². The molecule has 1 unspecified atom stereocenters. The molecular weight excluding hydrogens is 411 g/mol. The fourth-order valence-corrected chi connectivity index (χ4v) is 3.71. The first-order valence-electron chi connectivity index (χ1n) is 9.82. The lowest BCUT2D eigenvalue weighted by molar-refractivity contribution is 0.183. The summed E-state index contributed by atoms with van der Waals surface area (Å²) in [5.41, 5.74) is 2.81.